The van der Waals surface area contributed by atoms with Crippen molar-refractivity contribution in [1.29, 1.82) is 0 Å². The van der Waals surface area contributed by atoms with Gasteiger partial charge in [0.05, 0.1) is 60.6 Å². The first-order chi connectivity index (χ1) is 31.5. The summed E-state index contributed by atoms with van der Waals surface area (Å²) in [5.41, 5.74) is 6.92. The first-order valence-electron chi connectivity index (χ1n) is 21.7. The minimum Gasteiger partial charge on any atom is -0.493 e. The molecule has 66 heavy (non-hydrogen) atoms. The maximum atomic E-state index is 14.2. The molecule has 4 aliphatic heterocycles. The number of para-hydroxylation sites is 1. The monoisotopic (exact) mass is 953 g/mol. The van der Waals surface area contributed by atoms with Crippen molar-refractivity contribution in [2.45, 2.75) is 88.3 Å². The van der Waals surface area contributed by atoms with Gasteiger partial charge in [0.1, 0.15) is 16.8 Å². The summed E-state index contributed by atoms with van der Waals surface area (Å²) in [6.07, 6.45) is 6.15. The van der Waals surface area contributed by atoms with Crippen molar-refractivity contribution in [2.24, 2.45) is 9.98 Å². The third-order valence-corrected chi connectivity index (χ3v) is 16.6. The lowest BCUT2D eigenvalue weighted by Gasteiger charge is -2.23. The summed E-state index contributed by atoms with van der Waals surface area (Å²) < 4.78 is 50.0. The van der Waals surface area contributed by atoms with Gasteiger partial charge in [0, 0.05) is 72.1 Å². The molecule has 3 atom stereocenters. The number of carbonyl (C=O) groups is 4. The van der Waals surface area contributed by atoms with Gasteiger partial charge in [0.15, 0.2) is 11.5 Å². The number of benzene rings is 4. The molecule has 4 heterocycles. The van der Waals surface area contributed by atoms with Gasteiger partial charge in [-0.1, -0.05) is 45.9 Å². The van der Waals surface area contributed by atoms with Gasteiger partial charge in [-0.05, 0) is 87.6 Å². The zero-order valence-corrected chi connectivity index (χ0v) is 39.7. The number of fused-ring (bicyclic) bond motifs is 8. The van der Waals surface area contributed by atoms with E-state index in [4.69, 9.17) is 24.2 Å². The Labute approximate surface area is 391 Å². The van der Waals surface area contributed by atoms with Gasteiger partial charge in [0.2, 0.25) is 5.91 Å². The Morgan fingerprint density at radius 3 is 2.15 bits per heavy atom. The number of rotatable bonds is 18. The highest BCUT2D eigenvalue weighted by Gasteiger charge is 2.38. The SMILES string of the molecule is COc1cc2c(cc1OCCCOc1cc3c(cc1C)C(=O)N1c4cc(NC(=O)CCC(C)(C)SSCCC(C(C)=O)S(=O)(=O)O)ccc4C[C@H]1C=N3)N=C[C@@H]1Cc3ccccc3N1C2=O. The van der Waals surface area contributed by atoms with Gasteiger partial charge in [-0.3, -0.25) is 43.5 Å². The smallest absolute Gasteiger partial charge is 0.274 e. The van der Waals surface area contributed by atoms with Crippen LogP contribution in [0.25, 0.3) is 0 Å². The Bertz CT molecular complexity index is 2780. The number of carbonyl (C=O) groups excluding carboxylic acids is 4. The molecule has 4 aromatic rings. The highest BCUT2D eigenvalue weighted by Crippen LogP contribution is 2.43. The molecule has 1 unspecified atom stereocenters. The molecule has 0 aromatic heterocycles. The van der Waals surface area contributed by atoms with E-state index in [1.54, 1.807) is 40.3 Å². The molecular weight excluding hydrogens is 903 g/mol. The number of hydrogen-bond donors (Lipinski definition) is 2. The number of hydrogen-bond acceptors (Lipinski definition) is 13. The van der Waals surface area contributed by atoms with Crippen LogP contribution in [0.15, 0.2) is 76.7 Å². The Hall–Kier alpha value is -5.69. The van der Waals surface area contributed by atoms with Crippen molar-refractivity contribution in [3.05, 3.63) is 94.5 Å². The van der Waals surface area contributed by atoms with Crippen LogP contribution >= 0.6 is 21.6 Å². The highest BCUT2D eigenvalue weighted by molar-refractivity contribution is 8.77. The Kier molecular flexibility index (Phi) is 13.7. The van der Waals surface area contributed by atoms with Crippen LogP contribution in [0.2, 0.25) is 0 Å². The van der Waals surface area contributed by atoms with E-state index in [0.717, 1.165) is 29.3 Å². The molecule has 8 rings (SSSR count). The van der Waals surface area contributed by atoms with Crippen molar-refractivity contribution in [3.8, 4) is 17.2 Å². The normalized spacial score (nSPS) is 17.4. The third kappa shape index (κ3) is 10.0. The average Bonchev–Trinajstić information content (AvgIpc) is 3.76. The predicted octanol–water partition coefficient (Wildman–Crippen LogP) is 8.54. The second-order valence-electron chi connectivity index (χ2n) is 17.2. The molecule has 0 saturated carbocycles. The number of anilines is 3. The van der Waals surface area contributed by atoms with Crippen molar-refractivity contribution < 1.29 is 46.4 Å². The van der Waals surface area contributed by atoms with Gasteiger partial charge < -0.3 is 19.5 Å². The standard InChI is InChI=1S/C48H51N5O10S3/c1-28-19-35-37(24-41(28)62-16-8-17-63-43-25-38-36(23-42(43)61-5)47(57)52-33(26-50-38)20-30-9-6-7-10-39(30)52)49-27-34-21-31-11-12-32(22-40(31)53(34)46(35)56)51-45(55)13-15-48(3,4)65-64-18-14-44(29(2)54)66(58,59)60/h6-7,9-12,19,22-27,33-34,44H,8,13-18,20-21H2,1-5H3,(H,51,55)(H,58,59,60)/t33-,34-,44?/m0/s1. The van der Waals surface area contributed by atoms with E-state index in [0.29, 0.717) is 95.8 Å². The van der Waals surface area contributed by atoms with E-state index in [1.807, 2.05) is 69.5 Å². The first-order valence-corrected chi connectivity index (χ1v) is 25.5. The number of aliphatic imine (C=N–C) groups is 2. The van der Waals surface area contributed by atoms with E-state index in [1.165, 1.54) is 28.7 Å². The molecule has 0 saturated heterocycles. The summed E-state index contributed by atoms with van der Waals surface area (Å²) in [4.78, 5) is 65.7. The second-order valence-corrected chi connectivity index (χ2v) is 22.0. The quantitative estimate of drug-likeness (QED) is 0.0549. The minimum atomic E-state index is -4.46. The fourth-order valence-corrected chi connectivity index (χ4v) is 12.2. The van der Waals surface area contributed by atoms with Crippen molar-refractivity contribution in [1.82, 2.24) is 0 Å². The number of Topliss-reactive ketones (excluding diaryl/α,β-unsaturated/α-hetero) is 1. The number of nitrogens with zero attached hydrogens (tertiary/aromatic N) is 4. The molecule has 0 aliphatic carbocycles. The lowest BCUT2D eigenvalue weighted by atomic mass is 10.1. The van der Waals surface area contributed by atoms with E-state index in [-0.39, 0.29) is 47.4 Å². The highest BCUT2D eigenvalue weighted by atomic mass is 33.1. The van der Waals surface area contributed by atoms with Gasteiger partial charge >= 0.3 is 0 Å². The fourth-order valence-electron chi connectivity index (χ4n) is 8.53. The zero-order valence-electron chi connectivity index (χ0n) is 37.2. The number of amides is 3. The summed E-state index contributed by atoms with van der Waals surface area (Å²) in [6.45, 7) is 7.62. The molecule has 2 N–H and O–H groups in total. The first kappa shape index (κ1) is 46.8. The number of ketones is 1. The van der Waals surface area contributed by atoms with E-state index in [9.17, 15) is 32.1 Å². The topological polar surface area (TPSA) is 194 Å². The average molecular weight is 954 g/mol. The van der Waals surface area contributed by atoms with E-state index >= 15 is 0 Å². The second kappa shape index (κ2) is 19.3. The number of aryl methyl sites for hydroxylation is 1. The van der Waals surface area contributed by atoms with Crippen molar-refractivity contribution >= 4 is 96.1 Å². The lowest BCUT2D eigenvalue weighted by Crippen LogP contribution is -2.37. The molecule has 3 amide bonds. The third-order valence-electron chi connectivity index (χ3n) is 12.0. The van der Waals surface area contributed by atoms with Gasteiger partial charge in [-0.15, -0.1) is 0 Å². The molecule has 15 nitrogen and oxygen atoms in total. The Balaban J connectivity index is 0.843. The van der Waals surface area contributed by atoms with E-state index in [2.05, 4.69) is 5.32 Å². The lowest BCUT2D eigenvalue weighted by molar-refractivity contribution is -0.117. The summed E-state index contributed by atoms with van der Waals surface area (Å²) in [7, 11) is -0.0335. The van der Waals surface area contributed by atoms with Gasteiger partial charge in [-0.2, -0.15) is 8.42 Å². The fraction of sp³-hybridized carbons (Fsp3) is 0.375. The zero-order chi connectivity index (χ0) is 46.9. The predicted molar refractivity (Wildman–Crippen MR) is 260 cm³/mol. The van der Waals surface area contributed by atoms with Crippen LogP contribution in [-0.2, 0) is 32.5 Å². The van der Waals surface area contributed by atoms with E-state index < -0.39 is 21.2 Å². The van der Waals surface area contributed by atoms with Crippen LogP contribution in [0.3, 0.4) is 0 Å². The number of methoxy groups -OCH3 is 1. The molecule has 18 heteroatoms. The van der Waals surface area contributed by atoms with Crippen molar-refractivity contribution in [2.75, 3.05) is 41.2 Å². The molecule has 346 valence electrons. The number of ether oxygens (including phenoxy) is 3. The summed E-state index contributed by atoms with van der Waals surface area (Å²) in [6, 6.07) is 20.0. The Morgan fingerprint density at radius 2 is 1.48 bits per heavy atom. The largest absolute Gasteiger partial charge is 0.493 e. The molecular formula is C48H51N5O10S3. The van der Waals surface area contributed by atoms with Gasteiger partial charge in [-0.25, -0.2) is 0 Å². The van der Waals surface area contributed by atoms with Crippen LogP contribution in [0.4, 0.5) is 28.4 Å². The minimum absolute atomic E-state index is 0.000722. The molecule has 0 radical (unpaired) electrons. The Morgan fingerprint density at radius 1 is 0.864 bits per heavy atom. The van der Waals surface area contributed by atoms with Crippen LogP contribution in [0.5, 0.6) is 17.2 Å². The molecule has 4 aromatic carbocycles. The summed E-state index contributed by atoms with van der Waals surface area (Å²) in [5.74, 6) is 0.712. The van der Waals surface area contributed by atoms with Crippen LogP contribution < -0.4 is 29.3 Å². The summed E-state index contributed by atoms with van der Waals surface area (Å²) in [5, 5.41) is 1.54. The maximum absolute atomic E-state index is 14.2. The molecule has 4 aliphatic rings. The molecule has 0 spiro atoms. The molecule has 0 bridgehead atoms. The van der Waals surface area contributed by atoms with Crippen LogP contribution in [0.1, 0.15) is 83.9 Å². The summed E-state index contributed by atoms with van der Waals surface area (Å²) >= 11 is 0. The molecule has 0 fully saturated rings. The maximum Gasteiger partial charge on any atom is 0.274 e. The number of nitrogens with one attached hydrogen (secondary N) is 1. The van der Waals surface area contributed by atoms with Crippen molar-refractivity contribution in [3.63, 3.8) is 0 Å². The van der Waals surface area contributed by atoms with Crippen LogP contribution in [0, 0.1) is 6.92 Å². The van der Waals surface area contributed by atoms with Gasteiger partial charge in [0.25, 0.3) is 21.9 Å². The van der Waals surface area contributed by atoms with Crippen LogP contribution in [-0.4, -0.2) is 97.1 Å².